The minimum Gasteiger partial charge on any atom is -0.497 e. The van der Waals surface area contributed by atoms with Crippen LogP contribution < -0.4 is 25.4 Å². The summed E-state index contributed by atoms with van der Waals surface area (Å²) in [7, 11) is 3.08. The molecule has 0 spiro atoms. The minimum atomic E-state index is -0.464. The Bertz CT molecular complexity index is 976. The molecule has 1 heterocycles. The van der Waals surface area contributed by atoms with Gasteiger partial charge in [0, 0.05) is 17.8 Å². The Labute approximate surface area is 169 Å². The molecule has 3 aromatic rings. The Morgan fingerprint density at radius 3 is 2.38 bits per heavy atom. The number of urea groups is 1. The second-order valence-corrected chi connectivity index (χ2v) is 6.11. The minimum absolute atomic E-state index is 0.354. The summed E-state index contributed by atoms with van der Waals surface area (Å²) >= 11 is 0. The largest absolute Gasteiger partial charge is 0.497 e. The third kappa shape index (κ3) is 5.35. The quantitative estimate of drug-likeness (QED) is 0.549. The van der Waals surface area contributed by atoms with Crippen molar-refractivity contribution in [2.75, 3.05) is 30.2 Å². The molecule has 0 bridgehead atoms. The van der Waals surface area contributed by atoms with Gasteiger partial charge in [-0.3, -0.25) is 5.32 Å². The Morgan fingerprint density at radius 2 is 1.69 bits per heavy atom. The highest BCUT2D eigenvalue weighted by molar-refractivity contribution is 6.00. The summed E-state index contributed by atoms with van der Waals surface area (Å²) in [6, 6.07) is 14.4. The standard InChI is InChI=1S/C21H23N5O3/c1-4-14-5-7-15(8-6-14)24-19-12-20(23-13-22-19)26-21(27)25-17-11-16(28-2)9-10-18(17)29-3/h5-13H,4H2,1-3H3,(H3,22,23,24,25,26,27). The zero-order valence-corrected chi connectivity index (χ0v) is 16.5. The van der Waals surface area contributed by atoms with Crippen LogP contribution in [-0.4, -0.2) is 30.2 Å². The first-order valence-electron chi connectivity index (χ1n) is 9.09. The molecular weight excluding hydrogens is 370 g/mol. The maximum Gasteiger partial charge on any atom is 0.324 e. The highest BCUT2D eigenvalue weighted by Gasteiger charge is 2.10. The van der Waals surface area contributed by atoms with Gasteiger partial charge in [-0.15, -0.1) is 0 Å². The lowest BCUT2D eigenvalue weighted by Gasteiger charge is -2.12. The molecule has 0 unspecified atom stereocenters. The fraction of sp³-hybridized carbons (Fsp3) is 0.190. The lowest BCUT2D eigenvalue weighted by atomic mass is 10.1. The first kappa shape index (κ1) is 19.9. The number of anilines is 4. The normalized spacial score (nSPS) is 10.2. The van der Waals surface area contributed by atoms with E-state index >= 15 is 0 Å². The molecular formula is C21H23N5O3. The summed E-state index contributed by atoms with van der Waals surface area (Å²) in [4.78, 5) is 20.7. The number of hydrogen-bond acceptors (Lipinski definition) is 6. The van der Waals surface area contributed by atoms with Gasteiger partial charge in [0.2, 0.25) is 0 Å². The number of nitrogens with zero attached hydrogens (tertiary/aromatic N) is 2. The summed E-state index contributed by atoms with van der Waals surface area (Å²) in [6.45, 7) is 2.11. The van der Waals surface area contributed by atoms with E-state index in [2.05, 4.69) is 45.0 Å². The van der Waals surface area contributed by atoms with E-state index in [0.29, 0.717) is 28.8 Å². The fourth-order valence-electron chi connectivity index (χ4n) is 2.65. The molecule has 150 valence electrons. The van der Waals surface area contributed by atoms with Gasteiger partial charge in [0.05, 0.1) is 19.9 Å². The van der Waals surface area contributed by atoms with E-state index in [4.69, 9.17) is 9.47 Å². The average molecular weight is 393 g/mol. The summed E-state index contributed by atoms with van der Waals surface area (Å²) in [5.74, 6) is 2.04. The Kier molecular flexibility index (Phi) is 6.47. The molecule has 0 aliphatic rings. The third-order valence-electron chi connectivity index (χ3n) is 4.20. The molecule has 1 aromatic heterocycles. The second-order valence-electron chi connectivity index (χ2n) is 6.11. The van der Waals surface area contributed by atoms with Crippen molar-refractivity contribution in [2.45, 2.75) is 13.3 Å². The van der Waals surface area contributed by atoms with Crippen molar-refractivity contribution >= 4 is 29.0 Å². The number of rotatable bonds is 7. The van der Waals surface area contributed by atoms with Crippen molar-refractivity contribution in [1.29, 1.82) is 0 Å². The molecule has 0 fully saturated rings. The number of aromatic nitrogens is 2. The van der Waals surface area contributed by atoms with Crippen LogP contribution in [0.2, 0.25) is 0 Å². The third-order valence-corrected chi connectivity index (χ3v) is 4.20. The van der Waals surface area contributed by atoms with E-state index in [-0.39, 0.29) is 0 Å². The lowest BCUT2D eigenvalue weighted by Crippen LogP contribution is -2.20. The Balaban J connectivity index is 1.67. The van der Waals surface area contributed by atoms with Crippen molar-refractivity contribution in [2.24, 2.45) is 0 Å². The molecule has 2 aromatic carbocycles. The number of methoxy groups -OCH3 is 2. The molecule has 0 saturated heterocycles. The summed E-state index contributed by atoms with van der Waals surface area (Å²) < 4.78 is 10.4. The van der Waals surface area contributed by atoms with Crippen molar-refractivity contribution in [3.05, 3.63) is 60.4 Å². The van der Waals surface area contributed by atoms with Crippen LogP contribution in [0.1, 0.15) is 12.5 Å². The topological polar surface area (TPSA) is 97.4 Å². The van der Waals surface area contributed by atoms with Gasteiger partial charge in [-0.2, -0.15) is 0 Å². The Morgan fingerprint density at radius 1 is 0.931 bits per heavy atom. The SMILES string of the molecule is CCc1ccc(Nc2cc(NC(=O)Nc3cc(OC)ccc3OC)ncn2)cc1. The van der Waals surface area contributed by atoms with E-state index in [0.717, 1.165) is 12.1 Å². The first-order chi connectivity index (χ1) is 14.1. The van der Waals surface area contributed by atoms with Crippen molar-refractivity contribution in [3.63, 3.8) is 0 Å². The van der Waals surface area contributed by atoms with Gasteiger partial charge in [-0.25, -0.2) is 14.8 Å². The molecule has 3 rings (SSSR count). The van der Waals surface area contributed by atoms with Gasteiger partial charge in [0.15, 0.2) is 0 Å². The summed E-state index contributed by atoms with van der Waals surface area (Å²) in [6.07, 6.45) is 2.36. The number of aryl methyl sites for hydroxylation is 1. The fourth-order valence-corrected chi connectivity index (χ4v) is 2.65. The van der Waals surface area contributed by atoms with E-state index in [1.165, 1.54) is 19.0 Å². The van der Waals surface area contributed by atoms with Gasteiger partial charge in [0.25, 0.3) is 0 Å². The number of nitrogens with one attached hydrogen (secondary N) is 3. The van der Waals surface area contributed by atoms with Gasteiger partial charge in [-0.05, 0) is 36.2 Å². The van der Waals surface area contributed by atoms with Crippen LogP contribution in [0, 0.1) is 0 Å². The monoisotopic (exact) mass is 393 g/mol. The van der Waals surface area contributed by atoms with Crippen LogP contribution in [0.25, 0.3) is 0 Å². The number of carbonyl (C=O) groups excluding carboxylic acids is 1. The van der Waals surface area contributed by atoms with E-state index in [1.807, 2.05) is 12.1 Å². The van der Waals surface area contributed by atoms with Crippen LogP contribution in [0.4, 0.5) is 27.8 Å². The molecule has 3 N–H and O–H groups in total. The van der Waals surface area contributed by atoms with Crippen LogP contribution in [-0.2, 0) is 6.42 Å². The molecule has 8 heteroatoms. The van der Waals surface area contributed by atoms with Gasteiger partial charge < -0.3 is 20.1 Å². The van der Waals surface area contributed by atoms with E-state index < -0.39 is 6.03 Å². The molecule has 0 atom stereocenters. The molecule has 29 heavy (non-hydrogen) atoms. The molecule has 0 saturated carbocycles. The molecule has 0 radical (unpaired) electrons. The molecule has 2 amide bonds. The number of ether oxygens (including phenoxy) is 2. The highest BCUT2D eigenvalue weighted by atomic mass is 16.5. The van der Waals surface area contributed by atoms with E-state index in [1.54, 1.807) is 31.4 Å². The lowest BCUT2D eigenvalue weighted by molar-refractivity contribution is 0.262. The van der Waals surface area contributed by atoms with Crippen molar-refractivity contribution < 1.29 is 14.3 Å². The smallest absolute Gasteiger partial charge is 0.324 e. The van der Waals surface area contributed by atoms with Gasteiger partial charge >= 0.3 is 6.03 Å². The van der Waals surface area contributed by atoms with Crippen molar-refractivity contribution in [3.8, 4) is 11.5 Å². The van der Waals surface area contributed by atoms with Crippen LogP contribution in [0.5, 0.6) is 11.5 Å². The predicted octanol–water partition coefficient (Wildman–Crippen LogP) is 4.44. The number of benzene rings is 2. The summed E-state index contributed by atoms with van der Waals surface area (Å²) in [5, 5.41) is 8.61. The predicted molar refractivity (Wildman–Crippen MR) is 113 cm³/mol. The zero-order valence-electron chi connectivity index (χ0n) is 16.5. The molecule has 8 nitrogen and oxygen atoms in total. The van der Waals surface area contributed by atoms with Gasteiger partial charge in [-0.1, -0.05) is 19.1 Å². The highest BCUT2D eigenvalue weighted by Crippen LogP contribution is 2.29. The molecule has 0 aliphatic carbocycles. The average Bonchev–Trinajstić information content (AvgIpc) is 2.74. The first-order valence-corrected chi connectivity index (χ1v) is 9.09. The maximum atomic E-state index is 12.4. The number of amides is 2. The zero-order chi connectivity index (χ0) is 20.6. The Hall–Kier alpha value is -3.81. The van der Waals surface area contributed by atoms with Gasteiger partial charge in [0.1, 0.15) is 29.5 Å². The van der Waals surface area contributed by atoms with Crippen LogP contribution in [0.3, 0.4) is 0 Å². The van der Waals surface area contributed by atoms with Crippen LogP contribution in [0.15, 0.2) is 54.9 Å². The summed E-state index contributed by atoms with van der Waals surface area (Å²) in [5.41, 5.74) is 2.63. The van der Waals surface area contributed by atoms with Crippen LogP contribution >= 0.6 is 0 Å². The van der Waals surface area contributed by atoms with Crippen molar-refractivity contribution in [1.82, 2.24) is 9.97 Å². The second kappa shape index (κ2) is 9.41. The number of carbonyl (C=O) groups is 1. The molecule has 0 aliphatic heterocycles. The maximum absolute atomic E-state index is 12.4. The number of hydrogen-bond donors (Lipinski definition) is 3. The van der Waals surface area contributed by atoms with E-state index in [9.17, 15) is 4.79 Å².